The van der Waals surface area contributed by atoms with E-state index in [4.69, 9.17) is 5.73 Å². The number of hydrogen-bond acceptors (Lipinski definition) is 5. The standard InChI is InChI=1S/C11H14BrN3S2/c1-7(13)11-15-8(6-17-11)4-14-5-10-9(12)2-3-16-10/h2-3,6-7,14H,4-5,13H2,1H3. The van der Waals surface area contributed by atoms with E-state index < -0.39 is 0 Å². The number of rotatable bonds is 5. The molecule has 2 aromatic heterocycles. The van der Waals surface area contributed by atoms with Crippen LogP contribution in [0.15, 0.2) is 21.3 Å². The van der Waals surface area contributed by atoms with E-state index in [-0.39, 0.29) is 6.04 Å². The second kappa shape index (κ2) is 6.06. The molecule has 17 heavy (non-hydrogen) atoms. The molecule has 1 unspecified atom stereocenters. The van der Waals surface area contributed by atoms with Crippen LogP contribution in [0, 0.1) is 0 Å². The molecule has 1 atom stereocenters. The van der Waals surface area contributed by atoms with Gasteiger partial charge in [0.2, 0.25) is 0 Å². The summed E-state index contributed by atoms with van der Waals surface area (Å²) in [5, 5.41) is 8.53. The smallest absolute Gasteiger partial charge is 0.109 e. The highest BCUT2D eigenvalue weighted by atomic mass is 79.9. The molecule has 0 bridgehead atoms. The number of aromatic nitrogens is 1. The van der Waals surface area contributed by atoms with Gasteiger partial charge in [0.05, 0.1) is 11.7 Å². The molecule has 6 heteroatoms. The maximum absolute atomic E-state index is 5.78. The molecule has 0 aliphatic rings. The molecule has 0 aliphatic carbocycles. The second-order valence-corrected chi connectivity index (χ2v) is 6.51. The average Bonchev–Trinajstić information content (AvgIpc) is 2.89. The predicted molar refractivity (Wildman–Crippen MR) is 77.3 cm³/mol. The molecule has 3 nitrogen and oxygen atoms in total. The molecular formula is C11H14BrN3S2. The summed E-state index contributed by atoms with van der Waals surface area (Å²) in [5.74, 6) is 0. The fourth-order valence-electron chi connectivity index (χ4n) is 1.37. The zero-order valence-electron chi connectivity index (χ0n) is 9.44. The fraction of sp³-hybridized carbons (Fsp3) is 0.364. The zero-order valence-corrected chi connectivity index (χ0v) is 12.7. The third kappa shape index (κ3) is 3.59. The Morgan fingerprint density at radius 2 is 2.29 bits per heavy atom. The number of thiazole rings is 1. The number of nitrogens with zero attached hydrogens (tertiary/aromatic N) is 1. The lowest BCUT2D eigenvalue weighted by Gasteiger charge is -2.01. The van der Waals surface area contributed by atoms with E-state index in [1.807, 2.05) is 6.92 Å². The second-order valence-electron chi connectivity index (χ2n) is 3.76. The molecule has 0 aliphatic heterocycles. The molecule has 0 aromatic carbocycles. The van der Waals surface area contributed by atoms with Crippen LogP contribution in [-0.2, 0) is 13.1 Å². The van der Waals surface area contributed by atoms with Crippen molar-refractivity contribution in [1.82, 2.24) is 10.3 Å². The van der Waals surface area contributed by atoms with Crippen LogP contribution in [0.4, 0.5) is 0 Å². The Labute approximate surface area is 117 Å². The van der Waals surface area contributed by atoms with Crippen molar-refractivity contribution in [3.8, 4) is 0 Å². The first-order valence-electron chi connectivity index (χ1n) is 5.29. The van der Waals surface area contributed by atoms with Crippen molar-refractivity contribution in [2.75, 3.05) is 0 Å². The molecular weight excluding hydrogens is 318 g/mol. The molecule has 0 amide bonds. The van der Waals surface area contributed by atoms with E-state index in [2.05, 4.69) is 43.1 Å². The Kier molecular flexibility index (Phi) is 4.69. The van der Waals surface area contributed by atoms with E-state index in [1.54, 1.807) is 22.7 Å². The van der Waals surface area contributed by atoms with E-state index in [1.165, 1.54) is 9.35 Å². The Hall–Kier alpha value is -0.270. The summed E-state index contributed by atoms with van der Waals surface area (Å²) >= 11 is 6.89. The molecule has 2 aromatic rings. The first kappa shape index (κ1) is 13.2. The molecule has 2 rings (SSSR count). The normalized spacial score (nSPS) is 12.9. The summed E-state index contributed by atoms with van der Waals surface area (Å²) in [6.45, 7) is 3.61. The van der Waals surface area contributed by atoms with Gasteiger partial charge in [-0.3, -0.25) is 0 Å². The quantitative estimate of drug-likeness (QED) is 0.883. The highest BCUT2D eigenvalue weighted by Gasteiger charge is 2.06. The zero-order chi connectivity index (χ0) is 12.3. The number of halogens is 1. The lowest BCUT2D eigenvalue weighted by molar-refractivity contribution is 0.682. The van der Waals surface area contributed by atoms with Crippen LogP contribution in [0.1, 0.15) is 28.5 Å². The number of nitrogens with two attached hydrogens (primary N) is 1. The summed E-state index contributed by atoms with van der Waals surface area (Å²) in [7, 11) is 0. The molecule has 0 radical (unpaired) electrons. The van der Waals surface area contributed by atoms with Crippen molar-refractivity contribution in [3.05, 3.63) is 36.9 Å². The van der Waals surface area contributed by atoms with E-state index in [0.717, 1.165) is 23.8 Å². The van der Waals surface area contributed by atoms with Gasteiger partial charge >= 0.3 is 0 Å². The Morgan fingerprint density at radius 3 is 2.88 bits per heavy atom. The fourth-order valence-corrected chi connectivity index (χ4v) is 3.61. The lowest BCUT2D eigenvalue weighted by atomic mass is 10.4. The Morgan fingerprint density at radius 1 is 1.47 bits per heavy atom. The van der Waals surface area contributed by atoms with Crippen molar-refractivity contribution in [3.63, 3.8) is 0 Å². The Bertz CT molecular complexity index is 479. The van der Waals surface area contributed by atoms with Gasteiger partial charge in [-0.25, -0.2) is 4.98 Å². The number of nitrogens with one attached hydrogen (secondary N) is 1. The Balaban J connectivity index is 1.84. The van der Waals surface area contributed by atoms with Crippen molar-refractivity contribution < 1.29 is 0 Å². The van der Waals surface area contributed by atoms with Crippen LogP contribution in [0.2, 0.25) is 0 Å². The van der Waals surface area contributed by atoms with Gasteiger partial charge in [0, 0.05) is 27.8 Å². The molecule has 0 saturated heterocycles. The van der Waals surface area contributed by atoms with E-state index in [9.17, 15) is 0 Å². The highest BCUT2D eigenvalue weighted by Crippen LogP contribution is 2.22. The van der Waals surface area contributed by atoms with Crippen molar-refractivity contribution in [2.24, 2.45) is 5.73 Å². The van der Waals surface area contributed by atoms with Gasteiger partial charge in [-0.1, -0.05) is 0 Å². The van der Waals surface area contributed by atoms with Crippen molar-refractivity contribution in [2.45, 2.75) is 26.1 Å². The van der Waals surface area contributed by atoms with Crippen LogP contribution >= 0.6 is 38.6 Å². The maximum Gasteiger partial charge on any atom is 0.109 e. The van der Waals surface area contributed by atoms with Crippen molar-refractivity contribution >= 4 is 38.6 Å². The minimum Gasteiger partial charge on any atom is -0.322 e. The summed E-state index contributed by atoms with van der Waals surface area (Å²) in [6.07, 6.45) is 0. The topological polar surface area (TPSA) is 50.9 Å². The van der Waals surface area contributed by atoms with E-state index in [0.29, 0.717) is 0 Å². The third-order valence-corrected chi connectivity index (χ3v) is 5.26. The lowest BCUT2D eigenvalue weighted by Crippen LogP contribution is -2.12. The van der Waals surface area contributed by atoms with Crippen LogP contribution in [0.3, 0.4) is 0 Å². The highest BCUT2D eigenvalue weighted by molar-refractivity contribution is 9.10. The molecule has 0 fully saturated rings. The van der Waals surface area contributed by atoms with Gasteiger partial charge in [-0.05, 0) is 34.3 Å². The average molecular weight is 332 g/mol. The minimum absolute atomic E-state index is 0.0280. The largest absolute Gasteiger partial charge is 0.322 e. The molecule has 3 N–H and O–H groups in total. The molecule has 0 spiro atoms. The van der Waals surface area contributed by atoms with Gasteiger partial charge in [-0.15, -0.1) is 22.7 Å². The molecule has 92 valence electrons. The number of hydrogen-bond donors (Lipinski definition) is 2. The summed E-state index contributed by atoms with van der Waals surface area (Å²) < 4.78 is 1.17. The summed E-state index contributed by atoms with van der Waals surface area (Å²) in [6, 6.07) is 2.10. The van der Waals surface area contributed by atoms with Gasteiger partial charge in [0.25, 0.3) is 0 Å². The minimum atomic E-state index is 0.0280. The van der Waals surface area contributed by atoms with Crippen LogP contribution < -0.4 is 11.1 Å². The van der Waals surface area contributed by atoms with Crippen molar-refractivity contribution in [1.29, 1.82) is 0 Å². The first-order chi connectivity index (χ1) is 8.16. The van der Waals surface area contributed by atoms with Crippen LogP contribution in [0.5, 0.6) is 0 Å². The SMILES string of the molecule is CC(N)c1nc(CNCc2sccc2Br)cs1. The monoisotopic (exact) mass is 331 g/mol. The summed E-state index contributed by atoms with van der Waals surface area (Å²) in [4.78, 5) is 5.79. The predicted octanol–water partition coefficient (Wildman–Crippen LogP) is 3.28. The number of thiophene rings is 1. The van der Waals surface area contributed by atoms with Crippen LogP contribution in [-0.4, -0.2) is 4.98 Å². The van der Waals surface area contributed by atoms with Gasteiger partial charge in [0.15, 0.2) is 0 Å². The third-order valence-electron chi connectivity index (χ3n) is 2.24. The molecule has 2 heterocycles. The van der Waals surface area contributed by atoms with Gasteiger partial charge in [0.1, 0.15) is 5.01 Å². The van der Waals surface area contributed by atoms with Gasteiger partial charge < -0.3 is 11.1 Å². The summed E-state index contributed by atoms with van der Waals surface area (Å²) in [5.41, 5.74) is 6.84. The maximum atomic E-state index is 5.78. The van der Waals surface area contributed by atoms with Gasteiger partial charge in [-0.2, -0.15) is 0 Å². The first-order valence-corrected chi connectivity index (χ1v) is 7.84. The van der Waals surface area contributed by atoms with E-state index >= 15 is 0 Å². The van der Waals surface area contributed by atoms with Crippen LogP contribution in [0.25, 0.3) is 0 Å². The molecule has 0 saturated carbocycles.